The maximum atomic E-state index is 13.3. The van der Waals surface area contributed by atoms with E-state index in [2.05, 4.69) is 45.9 Å². The molecule has 0 aliphatic carbocycles. The van der Waals surface area contributed by atoms with Gasteiger partial charge >= 0.3 is 0 Å². The quantitative estimate of drug-likeness (QED) is 0.282. The Morgan fingerprint density at radius 1 is 1.16 bits per heavy atom. The maximum absolute atomic E-state index is 13.3. The van der Waals surface area contributed by atoms with Gasteiger partial charge in [-0.3, -0.25) is 19.3 Å². The van der Waals surface area contributed by atoms with Crippen LogP contribution < -0.4 is 21.5 Å². The summed E-state index contributed by atoms with van der Waals surface area (Å²) in [7, 11) is 1.55. The number of hydrogen-bond donors (Lipinski definition) is 3. The number of primary amides is 1. The Morgan fingerprint density at radius 3 is 2.58 bits per heavy atom. The molecular weight excluding hydrogens is 595 g/mol. The second-order valence-corrected chi connectivity index (χ2v) is 11.8. The molecule has 4 heterocycles. The van der Waals surface area contributed by atoms with Gasteiger partial charge in [-0.05, 0) is 38.5 Å². The van der Waals surface area contributed by atoms with Crippen LogP contribution >= 0.6 is 23.2 Å². The largest absolute Gasteiger partial charge is 0.506 e. The van der Waals surface area contributed by atoms with E-state index in [1.807, 2.05) is 0 Å². The summed E-state index contributed by atoms with van der Waals surface area (Å²) >= 11 is 12.6. The Kier molecular flexibility index (Phi) is 8.37. The number of carbonyl (C=O) groups excluding carboxylic acids is 2. The molecule has 4 aromatic rings. The number of pyridine rings is 1. The van der Waals surface area contributed by atoms with E-state index >= 15 is 0 Å². The topological polar surface area (TPSA) is 152 Å². The lowest BCUT2D eigenvalue weighted by molar-refractivity contribution is -0.116. The average Bonchev–Trinajstić information content (AvgIpc) is 3.31. The smallest absolute Gasteiger partial charge is 0.263 e. The van der Waals surface area contributed by atoms with Crippen LogP contribution in [-0.2, 0) is 18.4 Å². The summed E-state index contributed by atoms with van der Waals surface area (Å²) in [4.78, 5) is 52.0. The van der Waals surface area contributed by atoms with E-state index in [1.165, 1.54) is 33.8 Å². The number of halogens is 2. The van der Waals surface area contributed by atoms with Crippen molar-refractivity contribution in [3.63, 3.8) is 0 Å². The van der Waals surface area contributed by atoms with E-state index in [0.717, 1.165) is 19.6 Å². The number of nitrogens with two attached hydrogens (primary N) is 1. The Balaban J connectivity index is 1.46. The number of amides is 2. The van der Waals surface area contributed by atoms with Gasteiger partial charge in [0.2, 0.25) is 5.91 Å². The van der Waals surface area contributed by atoms with Gasteiger partial charge in [-0.2, -0.15) is 0 Å². The fourth-order valence-corrected chi connectivity index (χ4v) is 5.74. The number of phenols is 1. The standard InChI is InChI=1S/C29H32Cl2N8O4/c1-15(2)37-5-6-39(16(3)11-37)23-9-22(21(31)10-33-23)35-24(40)13-38-12-19(25-28(38)34-14-36(4)29(25)43)17-7-18(27(32)42)26(41)20(30)8-17/h7-10,12,14-16,41H,5-6,11,13H2,1-4H3,(H2,32,42)(H,33,35,40)/t16-/m0/s1. The van der Waals surface area contributed by atoms with E-state index < -0.39 is 17.6 Å². The Morgan fingerprint density at radius 2 is 1.91 bits per heavy atom. The van der Waals surface area contributed by atoms with Crippen molar-refractivity contribution in [2.45, 2.75) is 39.4 Å². The number of benzene rings is 1. The first-order valence-corrected chi connectivity index (χ1v) is 14.4. The number of carbonyl (C=O) groups is 2. The van der Waals surface area contributed by atoms with Crippen molar-refractivity contribution in [3.8, 4) is 16.9 Å². The summed E-state index contributed by atoms with van der Waals surface area (Å²) in [5.41, 5.74) is 6.21. The molecule has 14 heteroatoms. The highest BCUT2D eigenvalue weighted by molar-refractivity contribution is 6.34. The van der Waals surface area contributed by atoms with Gasteiger partial charge in [0.25, 0.3) is 11.5 Å². The van der Waals surface area contributed by atoms with Crippen LogP contribution in [0.15, 0.2) is 41.7 Å². The normalized spacial score (nSPS) is 15.8. The van der Waals surface area contributed by atoms with Gasteiger partial charge in [0.1, 0.15) is 23.8 Å². The van der Waals surface area contributed by atoms with Crippen molar-refractivity contribution in [2.75, 3.05) is 29.9 Å². The molecule has 4 N–H and O–H groups in total. The monoisotopic (exact) mass is 626 g/mol. The van der Waals surface area contributed by atoms with Gasteiger partial charge in [-0.1, -0.05) is 23.2 Å². The predicted molar refractivity (Wildman–Crippen MR) is 167 cm³/mol. The van der Waals surface area contributed by atoms with Crippen molar-refractivity contribution >= 4 is 57.6 Å². The molecule has 1 aromatic carbocycles. The van der Waals surface area contributed by atoms with Crippen LogP contribution in [0.4, 0.5) is 11.5 Å². The number of nitrogens with zero attached hydrogens (tertiary/aromatic N) is 6. The summed E-state index contributed by atoms with van der Waals surface area (Å²) < 4.78 is 2.82. The van der Waals surface area contributed by atoms with E-state index in [-0.39, 0.29) is 44.8 Å². The third-order valence-corrected chi connectivity index (χ3v) is 8.28. The van der Waals surface area contributed by atoms with Crippen LogP contribution in [0.3, 0.4) is 0 Å². The first kappa shape index (κ1) is 30.3. The second kappa shape index (κ2) is 11.9. The summed E-state index contributed by atoms with van der Waals surface area (Å²) in [5, 5.41) is 13.4. The molecule has 226 valence electrons. The first-order chi connectivity index (χ1) is 20.3. The zero-order chi connectivity index (χ0) is 31.2. The van der Waals surface area contributed by atoms with Gasteiger partial charge in [0.05, 0.1) is 39.2 Å². The number of rotatable bonds is 7. The number of piperazine rings is 1. The van der Waals surface area contributed by atoms with Gasteiger partial charge in [-0.25, -0.2) is 9.97 Å². The number of fused-ring (bicyclic) bond motifs is 1. The highest BCUT2D eigenvalue weighted by Gasteiger charge is 2.27. The van der Waals surface area contributed by atoms with Crippen molar-refractivity contribution in [3.05, 3.63) is 62.9 Å². The molecule has 0 radical (unpaired) electrons. The molecule has 1 aliphatic heterocycles. The minimum absolute atomic E-state index is 0.117. The average molecular weight is 628 g/mol. The highest BCUT2D eigenvalue weighted by atomic mass is 35.5. The summed E-state index contributed by atoms with van der Waals surface area (Å²) in [6.45, 7) is 8.88. The molecule has 1 aliphatic rings. The molecular formula is C29H32Cl2N8O4. The number of aryl methyl sites for hydroxylation is 1. The molecule has 0 spiro atoms. The third-order valence-electron chi connectivity index (χ3n) is 7.69. The number of aromatic nitrogens is 4. The van der Waals surface area contributed by atoms with Gasteiger partial charge < -0.3 is 30.2 Å². The maximum Gasteiger partial charge on any atom is 0.263 e. The zero-order valence-electron chi connectivity index (χ0n) is 24.1. The fourth-order valence-electron chi connectivity index (χ4n) is 5.37. The zero-order valence-corrected chi connectivity index (χ0v) is 25.6. The van der Waals surface area contributed by atoms with Crippen molar-refractivity contribution in [1.82, 2.24) is 24.0 Å². The van der Waals surface area contributed by atoms with Crippen molar-refractivity contribution in [1.29, 1.82) is 0 Å². The molecule has 43 heavy (non-hydrogen) atoms. The van der Waals surface area contributed by atoms with Crippen LogP contribution in [-0.4, -0.2) is 72.6 Å². The van der Waals surface area contributed by atoms with Crippen LogP contribution in [0.25, 0.3) is 22.2 Å². The Hall–Kier alpha value is -4.13. The van der Waals surface area contributed by atoms with Crippen LogP contribution in [0, 0.1) is 0 Å². The SMILES string of the molecule is CC(C)N1CCN(c2cc(NC(=O)Cn3cc(-c4cc(Cl)c(O)c(C(N)=O)c4)c4c(=O)n(C)cnc43)c(Cl)cn2)[C@@H](C)C1. The molecule has 1 saturated heterocycles. The van der Waals surface area contributed by atoms with Crippen LogP contribution in [0.1, 0.15) is 31.1 Å². The molecule has 12 nitrogen and oxygen atoms in total. The van der Waals surface area contributed by atoms with Crippen molar-refractivity contribution < 1.29 is 14.7 Å². The van der Waals surface area contributed by atoms with Gasteiger partial charge in [0.15, 0.2) is 0 Å². The number of anilines is 2. The predicted octanol–water partition coefficient (Wildman–Crippen LogP) is 3.47. The Bertz CT molecular complexity index is 1800. The summed E-state index contributed by atoms with van der Waals surface area (Å²) in [5.74, 6) is -1.05. The summed E-state index contributed by atoms with van der Waals surface area (Å²) in [6.07, 6.45) is 4.45. The highest BCUT2D eigenvalue weighted by Crippen LogP contribution is 2.36. The minimum Gasteiger partial charge on any atom is -0.506 e. The molecule has 3 aromatic heterocycles. The van der Waals surface area contributed by atoms with E-state index in [0.29, 0.717) is 28.7 Å². The van der Waals surface area contributed by atoms with E-state index in [4.69, 9.17) is 28.9 Å². The minimum atomic E-state index is -0.889. The Labute approximate surface area is 257 Å². The van der Waals surface area contributed by atoms with Gasteiger partial charge in [-0.15, -0.1) is 0 Å². The van der Waals surface area contributed by atoms with Crippen LogP contribution in [0.5, 0.6) is 5.75 Å². The lowest BCUT2D eigenvalue weighted by atomic mass is 10.0. The van der Waals surface area contributed by atoms with Gasteiger partial charge in [0, 0.05) is 56.6 Å². The molecule has 2 amide bonds. The summed E-state index contributed by atoms with van der Waals surface area (Å²) in [6, 6.07) is 5.19. The van der Waals surface area contributed by atoms with E-state index in [9.17, 15) is 19.5 Å². The van der Waals surface area contributed by atoms with Crippen LogP contribution in [0.2, 0.25) is 10.0 Å². The molecule has 0 saturated carbocycles. The van der Waals surface area contributed by atoms with Crippen molar-refractivity contribution in [2.24, 2.45) is 12.8 Å². The number of aromatic hydroxyl groups is 1. The molecule has 5 rings (SSSR count). The molecule has 0 unspecified atom stereocenters. The molecule has 0 bridgehead atoms. The second-order valence-electron chi connectivity index (χ2n) is 11.0. The molecule has 1 fully saturated rings. The van der Waals surface area contributed by atoms with E-state index in [1.54, 1.807) is 19.3 Å². The lowest BCUT2D eigenvalue weighted by Crippen LogP contribution is -2.54. The number of nitrogens with one attached hydrogen (secondary N) is 1. The fraction of sp³-hybridized carbons (Fsp3) is 0.345. The molecule has 1 atom stereocenters. The number of hydrogen-bond acceptors (Lipinski definition) is 8. The third kappa shape index (κ3) is 5.90. The first-order valence-electron chi connectivity index (χ1n) is 13.7. The lowest BCUT2D eigenvalue weighted by Gasteiger charge is -2.42.